The maximum atomic E-state index is 15.1. The van der Waals surface area contributed by atoms with Crippen LogP contribution in [0.3, 0.4) is 0 Å². The second-order valence-electron chi connectivity index (χ2n) is 16.2. The van der Waals surface area contributed by atoms with Crippen molar-refractivity contribution in [1.82, 2.24) is 20.1 Å². The van der Waals surface area contributed by atoms with Gasteiger partial charge in [-0.1, -0.05) is 58.0 Å². The monoisotopic (exact) mass is 901 g/mol. The molecular formula is C46H65F2N5O11. The van der Waals surface area contributed by atoms with Crippen LogP contribution in [0.25, 0.3) is 11.1 Å². The van der Waals surface area contributed by atoms with Crippen LogP contribution in [0.2, 0.25) is 0 Å². The van der Waals surface area contributed by atoms with Crippen molar-refractivity contribution in [2.75, 3.05) is 72.6 Å². The molecule has 0 spiro atoms. The summed E-state index contributed by atoms with van der Waals surface area (Å²) in [7, 11) is 0. The zero-order chi connectivity index (χ0) is 47.1. The van der Waals surface area contributed by atoms with Gasteiger partial charge in [-0.15, -0.1) is 0 Å². The van der Waals surface area contributed by atoms with Crippen molar-refractivity contribution in [3.05, 3.63) is 83.7 Å². The van der Waals surface area contributed by atoms with E-state index in [9.17, 15) is 33.5 Å². The van der Waals surface area contributed by atoms with Crippen LogP contribution in [-0.2, 0) is 49.5 Å². The smallest absolute Gasteiger partial charge is 0.305 e. The number of aliphatic hydroxyl groups is 1. The summed E-state index contributed by atoms with van der Waals surface area (Å²) in [4.78, 5) is 64.6. The molecule has 0 unspecified atom stereocenters. The number of nitrogens with one attached hydrogen (secondary N) is 2. The first-order valence-electron chi connectivity index (χ1n) is 21.5. The molecule has 0 bridgehead atoms. The van der Waals surface area contributed by atoms with E-state index >= 15 is 4.39 Å². The molecule has 3 rings (SSSR count). The predicted molar refractivity (Wildman–Crippen MR) is 234 cm³/mol. The first-order valence-corrected chi connectivity index (χ1v) is 21.5. The van der Waals surface area contributed by atoms with Crippen LogP contribution < -0.4 is 16.4 Å². The van der Waals surface area contributed by atoms with Gasteiger partial charge in [0.1, 0.15) is 30.1 Å². The molecule has 16 nitrogen and oxygen atoms in total. The molecule has 1 heterocycles. The van der Waals surface area contributed by atoms with Crippen LogP contribution in [0, 0.1) is 17.0 Å². The highest BCUT2D eigenvalue weighted by Crippen LogP contribution is 2.41. The molecule has 0 aliphatic rings. The maximum Gasteiger partial charge on any atom is 0.305 e. The Morgan fingerprint density at radius 3 is 2.05 bits per heavy atom. The second kappa shape index (κ2) is 27.9. The molecule has 0 saturated heterocycles. The number of nitrogens with zero attached hydrogens (tertiary/aromatic N) is 2. The Balaban J connectivity index is 1.65. The summed E-state index contributed by atoms with van der Waals surface area (Å²) in [5.74, 6) is -4.15. The van der Waals surface area contributed by atoms with E-state index in [0.717, 1.165) is 23.8 Å². The first-order chi connectivity index (χ1) is 30.5. The number of ketones is 1. The fourth-order valence-corrected chi connectivity index (χ4v) is 6.83. The zero-order valence-electron chi connectivity index (χ0n) is 37.3. The Morgan fingerprint density at radius 2 is 1.45 bits per heavy atom. The van der Waals surface area contributed by atoms with Gasteiger partial charge < -0.3 is 55.0 Å². The van der Waals surface area contributed by atoms with Crippen molar-refractivity contribution < 1.29 is 61.9 Å². The number of halogens is 2. The quantitative estimate of drug-likeness (QED) is 0.0579. The predicted octanol–water partition coefficient (Wildman–Crippen LogP) is 4.01. The lowest BCUT2D eigenvalue weighted by molar-refractivity contribution is -0.140. The van der Waals surface area contributed by atoms with E-state index in [1.54, 1.807) is 19.2 Å². The van der Waals surface area contributed by atoms with Crippen molar-refractivity contribution in [3.8, 4) is 11.1 Å². The zero-order valence-corrected chi connectivity index (χ0v) is 37.3. The van der Waals surface area contributed by atoms with Gasteiger partial charge in [-0.05, 0) is 48.1 Å². The lowest BCUT2D eigenvalue weighted by Gasteiger charge is -2.41. The molecule has 0 fully saturated rings. The number of carbonyl (C=O) groups is 5. The highest BCUT2D eigenvalue weighted by molar-refractivity contribution is 5.90. The van der Waals surface area contributed by atoms with Crippen molar-refractivity contribution in [1.29, 1.82) is 0 Å². The molecule has 0 aliphatic heterocycles. The molecule has 354 valence electrons. The Labute approximate surface area is 373 Å². The number of hydrogen-bond acceptors (Lipinski definition) is 11. The van der Waals surface area contributed by atoms with Gasteiger partial charge in [0, 0.05) is 55.5 Å². The van der Waals surface area contributed by atoms with Crippen molar-refractivity contribution in [2.24, 2.45) is 11.1 Å². The average Bonchev–Trinajstić information content (AvgIpc) is 3.66. The van der Waals surface area contributed by atoms with E-state index in [0.29, 0.717) is 37.6 Å². The summed E-state index contributed by atoms with van der Waals surface area (Å²) in [6.07, 6.45) is 1.86. The van der Waals surface area contributed by atoms with Crippen molar-refractivity contribution in [3.63, 3.8) is 0 Å². The minimum absolute atomic E-state index is 0.0239. The van der Waals surface area contributed by atoms with E-state index in [4.69, 9.17) is 29.8 Å². The molecule has 3 aromatic rings. The van der Waals surface area contributed by atoms with Gasteiger partial charge in [0.15, 0.2) is 0 Å². The van der Waals surface area contributed by atoms with Gasteiger partial charge >= 0.3 is 5.97 Å². The number of carbonyl (C=O) groups excluding carboxylic acids is 4. The number of Topliss-reactive ketones (excluding diaryl/α,β-unsaturated/α-hetero) is 1. The topological polar surface area (TPSA) is 221 Å². The molecule has 6 N–H and O–H groups in total. The fourth-order valence-electron chi connectivity index (χ4n) is 6.83. The number of aliphatic carboxylic acids is 1. The van der Waals surface area contributed by atoms with E-state index in [2.05, 4.69) is 10.6 Å². The van der Waals surface area contributed by atoms with Crippen LogP contribution >= 0.6 is 0 Å². The fraction of sp³-hybridized carbons (Fsp3) is 0.543. The van der Waals surface area contributed by atoms with E-state index in [1.807, 2.05) is 55.7 Å². The molecule has 0 radical (unpaired) electrons. The van der Waals surface area contributed by atoms with Gasteiger partial charge in [0.05, 0.1) is 71.4 Å². The van der Waals surface area contributed by atoms with E-state index in [1.165, 1.54) is 4.90 Å². The van der Waals surface area contributed by atoms with Gasteiger partial charge in [0.2, 0.25) is 17.7 Å². The summed E-state index contributed by atoms with van der Waals surface area (Å²) < 4.78 is 52.9. The number of aromatic nitrogens is 1. The molecule has 18 heteroatoms. The number of amides is 3. The van der Waals surface area contributed by atoms with Crippen molar-refractivity contribution in [2.45, 2.75) is 84.5 Å². The standard InChI is InChI=1S/C46H65F2N5O11/c1-5-35(55)12-14-39(45(60)50-17-20-62-22-24-64-26-25-63-23-21-61-19-16-42(57)58)51-44(59)38(49)15-18-53(41(56)31-54)43(46(2,3)4)40-27-33(36-28-34(47)11-13-37(36)48)30-52(40)29-32-9-7-6-8-10-32/h6-11,13,27-28,30,38-39,43,54H,5,12,14-26,29,31,49H2,1-4H3,(H,50,60)(H,51,59)(H,57,58)/t38-,39+,43-/m0/s1. The number of benzene rings is 2. The maximum absolute atomic E-state index is 15.1. The van der Waals surface area contributed by atoms with Crippen LogP contribution in [0.4, 0.5) is 8.78 Å². The highest BCUT2D eigenvalue weighted by atomic mass is 19.1. The van der Waals surface area contributed by atoms with Crippen LogP contribution in [0.15, 0.2) is 60.8 Å². The Bertz CT molecular complexity index is 1920. The summed E-state index contributed by atoms with van der Waals surface area (Å²) in [5.41, 5.74) is 7.60. The van der Waals surface area contributed by atoms with Crippen LogP contribution in [0.1, 0.15) is 77.1 Å². The Hall–Kier alpha value is -5.11. The molecular weight excluding hydrogens is 837 g/mol. The third-order valence-corrected chi connectivity index (χ3v) is 10.1. The van der Waals surface area contributed by atoms with Gasteiger partial charge in [-0.25, -0.2) is 8.78 Å². The number of aliphatic hydroxyl groups excluding tert-OH is 1. The molecule has 1 aromatic heterocycles. The second-order valence-corrected chi connectivity index (χ2v) is 16.2. The minimum Gasteiger partial charge on any atom is -0.481 e. The molecule has 0 saturated carbocycles. The number of ether oxygens (including phenoxy) is 4. The third kappa shape index (κ3) is 18.5. The van der Waals surface area contributed by atoms with E-state index in [-0.39, 0.29) is 89.6 Å². The normalized spacial score (nSPS) is 12.9. The molecule has 2 aromatic carbocycles. The molecule has 3 atom stereocenters. The summed E-state index contributed by atoms with van der Waals surface area (Å²) in [6, 6.07) is 11.3. The SMILES string of the molecule is CCC(=O)CC[C@@H](NC(=O)[C@@H](N)CCN(C(=O)CO)[C@@H](c1cc(-c2cc(F)ccc2F)cn1Cc1ccccc1)C(C)(C)C)C(=O)NCCOCCOCCOCCOCCC(=O)O. The number of carboxylic acids is 1. The van der Waals surface area contributed by atoms with Crippen molar-refractivity contribution >= 4 is 29.5 Å². The van der Waals surface area contributed by atoms with Crippen LogP contribution in [0.5, 0.6) is 0 Å². The lowest BCUT2D eigenvalue weighted by atomic mass is 9.82. The van der Waals surface area contributed by atoms with Crippen LogP contribution in [-0.4, -0.2) is 134 Å². The lowest BCUT2D eigenvalue weighted by Crippen LogP contribution is -2.53. The summed E-state index contributed by atoms with van der Waals surface area (Å²) in [5, 5.41) is 24.2. The molecule has 3 amide bonds. The van der Waals surface area contributed by atoms with E-state index < -0.39 is 65.5 Å². The number of carboxylic acid groups (broad SMARTS) is 1. The third-order valence-electron chi connectivity index (χ3n) is 10.1. The Kier molecular flexibility index (Phi) is 23.2. The number of nitrogens with two attached hydrogens (primary N) is 1. The minimum atomic E-state index is -1.22. The molecule has 64 heavy (non-hydrogen) atoms. The molecule has 0 aliphatic carbocycles. The highest BCUT2D eigenvalue weighted by Gasteiger charge is 2.38. The Morgan fingerprint density at radius 1 is 0.828 bits per heavy atom. The summed E-state index contributed by atoms with van der Waals surface area (Å²) in [6.45, 7) is 8.87. The van der Waals surface area contributed by atoms with Gasteiger partial charge in [-0.2, -0.15) is 0 Å². The largest absolute Gasteiger partial charge is 0.481 e. The first kappa shape index (κ1) is 53.2. The van der Waals surface area contributed by atoms with Gasteiger partial charge in [0.25, 0.3) is 0 Å². The average molecular weight is 902 g/mol. The number of hydrogen-bond donors (Lipinski definition) is 5. The number of rotatable bonds is 31. The van der Waals surface area contributed by atoms with Gasteiger partial charge in [-0.3, -0.25) is 24.0 Å². The summed E-state index contributed by atoms with van der Waals surface area (Å²) >= 11 is 0.